The van der Waals surface area contributed by atoms with Crippen LogP contribution in [0.4, 0.5) is 0 Å². The molecule has 2 aliphatic rings. The first-order valence-electron chi connectivity index (χ1n) is 10.00. The summed E-state index contributed by atoms with van der Waals surface area (Å²) in [5, 5.41) is 4.21. The Kier molecular flexibility index (Phi) is 4.61. The standard InChI is InChI=1S/C22H24N4OS/c1-15-23-17(14-28-15)13-25-8-10-26(11-9-25)22(27)19-12-21(16-6-7-16)24-20-5-3-2-4-18(19)20/h2-5,12,14,16H,6-11,13H2,1H3. The molecule has 0 radical (unpaired) electrons. The molecule has 3 heterocycles. The van der Waals surface area contributed by atoms with E-state index < -0.39 is 0 Å². The topological polar surface area (TPSA) is 49.3 Å². The maximum Gasteiger partial charge on any atom is 0.254 e. The first kappa shape index (κ1) is 17.8. The van der Waals surface area contributed by atoms with Gasteiger partial charge in [0.1, 0.15) is 0 Å². The summed E-state index contributed by atoms with van der Waals surface area (Å²) in [6.07, 6.45) is 2.38. The van der Waals surface area contributed by atoms with Gasteiger partial charge in [-0.25, -0.2) is 4.98 Å². The van der Waals surface area contributed by atoms with E-state index in [2.05, 4.69) is 15.3 Å². The monoisotopic (exact) mass is 392 g/mol. The molecule has 3 aromatic rings. The molecular weight excluding hydrogens is 368 g/mol. The summed E-state index contributed by atoms with van der Waals surface area (Å²) in [5.74, 6) is 0.680. The second-order valence-corrected chi connectivity index (χ2v) is 8.87. The number of carbonyl (C=O) groups is 1. The number of thiazole rings is 1. The third-order valence-electron chi connectivity index (χ3n) is 5.67. The van der Waals surface area contributed by atoms with Gasteiger partial charge in [0.15, 0.2) is 0 Å². The van der Waals surface area contributed by atoms with Gasteiger partial charge in [-0.05, 0) is 31.9 Å². The summed E-state index contributed by atoms with van der Waals surface area (Å²) in [4.78, 5) is 27.1. The van der Waals surface area contributed by atoms with Gasteiger partial charge in [0.2, 0.25) is 0 Å². The maximum absolute atomic E-state index is 13.3. The number of rotatable bonds is 4. The van der Waals surface area contributed by atoms with E-state index in [4.69, 9.17) is 4.98 Å². The highest BCUT2D eigenvalue weighted by Gasteiger charge is 2.29. The smallest absolute Gasteiger partial charge is 0.254 e. The van der Waals surface area contributed by atoms with E-state index in [-0.39, 0.29) is 5.91 Å². The zero-order valence-corrected chi connectivity index (χ0v) is 16.9. The van der Waals surface area contributed by atoms with Crippen molar-refractivity contribution in [3.63, 3.8) is 0 Å². The molecule has 1 amide bonds. The molecule has 0 bridgehead atoms. The fraction of sp³-hybridized carbons (Fsp3) is 0.409. The van der Waals surface area contributed by atoms with E-state index in [0.29, 0.717) is 5.92 Å². The van der Waals surface area contributed by atoms with Gasteiger partial charge in [-0.2, -0.15) is 0 Å². The molecule has 0 unspecified atom stereocenters. The van der Waals surface area contributed by atoms with Crippen molar-refractivity contribution in [2.75, 3.05) is 26.2 Å². The van der Waals surface area contributed by atoms with E-state index in [1.807, 2.05) is 42.2 Å². The van der Waals surface area contributed by atoms with E-state index in [9.17, 15) is 4.79 Å². The summed E-state index contributed by atoms with van der Waals surface area (Å²) >= 11 is 1.70. The Bertz CT molecular complexity index is 1020. The molecule has 144 valence electrons. The summed E-state index contributed by atoms with van der Waals surface area (Å²) in [5.41, 5.74) is 3.97. The van der Waals surface area contributed by atoms with Crippen LogP contribution in [0.15, 0.2) is 35.7 Å². The molecule has 1 aliphatic carbocycles. The van der Waals surface area contributed by atoms with Gasteiger partial charge in [0.25, 0.3) is 5.91 Å². The highest BCUT2D eigenvalue weighted by atomic mass is 32.1. The number of aryl methyl sites for hydroxylation is 1. The van der Waals surface area contributed by atoms with Gasteiger partial charge in [0.05, 0.1) is 21.8 Å². The first-order valence-corrected chi connectivity index (χ1v) is 10.9. The number of carbonyl (C=O) groups excluding carboxylic acids is 1. The van der Waals surface area contributed by atoms with Crippen molar-refractivity contribution in [2.45, 2.75) is 32.2 Å². The molecule has 1 saturated heterocycles. The number of fused-ring (bicyclic) bond motifs is 1. The molecular formula is C22H24N4OS. The molecule has 5 rings (SSSR count). The molecule has 0 spiro atoms. The van der Waals surface area contributed by atoms with Crippen LogP contribution < -0.4 is 0 Å². The molecule has 1 aromatic carbocycles. The van der Waals surface area contributed by atoms with Crippen LogP contribution in [0, 0.1) is 6.92 Å². The van der Waals surface area contributed by atoms with E-state index in [0.717, 1.165) is 65.6 Å². The summed E-state index contributed by atoms with van der Waals surface area (Å²) in [6, 6.07) is 10.1. The third kappa shape index (κ3) is 3.54. The molecule has 6 heteroatoms. The zero-order chi connectivity index (χ0) is 19.1. The van der Waals surface area contributed by atoms with Crippen molar-refractivity contribution in [1.29, 1.82) is 0 Å². The number of hydrogen-bond donors (Lipinski definition) is 0. The van der Waals surface area contributed by atoms with Gasteiger partial charge >= 0.3 is 0 Å². The number of pyridine rings is 1. The first-order chi connectivity index (χ1) is 13.7. The van der Waals surface area contributed by atoms with Gasteiger partial charge < -0.3 is 4.90 Å². The Morgan fingerprint density at radius 3 is 2.64 bits per heavy atom. The van der Waals surface area contributed by atoms with Crippen molar-refractivity contribution in [2.24, 2.45) is 0 Å². The molecule has 28 heavy (non-hydrogen) atoms. The van der Waals surface area contributed by atoms with Crippen LogP contribution in [-0.2, 0) is 6.54 Å². The quantitative estimate of drug-likeness (QED) is 0.677. The Balaban J connectivity index is 1.33. The highest BCUT2D eigenvalue weighted by molar-refractivity contribution is 7.09. The van der Waals surface area contributed by atoms with E-state index in [1.54, 1.807) is 11.3 Å². The van der Waals surface area contributed by atoms with Gasteiger partial charge in [-0.15, -0.1) is 11.3 Å². The lowest BCUT2D eigenvalue weighted by Gasteiger charge is -2.34. The predicted molar refractivity (Wildman–Crippen MR) is 112 cm³/mol. The number of nitrogens with zero attached hydrogens (tertiary/aromatic N) is 4. The molecule has 1 aliphatic heterocycles. The normalized spacial score (nSPS) is 18.0. The zero-order valence-electron chi connectivity index (χ0n) is 16.1. The highest BCUT2D eigenvalue weighted by Crippen LogP contribution is 2.40. The molecule has 1 saturated carbocycles. The van der Waals surface area contributed by atoms with Crippen LogP contribution in [0.25, 0.3) is 10.9 Å². The van der Waals surface area contributed by atoms with Crippen LogP contribution in [0.3, 0.4) is 0 Å². The maximum atomic E-state index is 13.3. The Morgan fingerprint density at radius 2 is 1.93 bits per heavy atom. The SMILES string of the molecule is Cc1nc(CN2CCN(C(=O)c3cc(C4CC4)nc4ccccc34)CC2)cs1. The lowest BCUT2D eigenvalue weighted by atomic mass is 10.0. The van der Waals surface area contributed by atoms with Crippen molar-refractivity contribution in [1.82, 2.24) is 19.8 Å². The minimum absolute atomic E-state index is 0.143. The average molecular weight is 393 g/mol. The van der Waals surface area contributed by atoms with Crippen LogP contribution >= 0.6 is 11.3 Å². The summed E-state index contributed by atoms with van der Waals surface area (Å²) < 4.78 is 0. The number of para-hydroxylation sites is 1. The molecule has 0 atom stereocenters. The lowest BCUT2D eigenvalue weighted by molar-refractivity contribution is 0.0629. The molecule has 0 N–H and O–H groups in total. The fourth-order valence-electron chi connectivity index (χ4n) is 3.95. The number of piperazine rings is 1. The Morgan fingerprint density at radius 1 is 1.14 bits per heavy atom. The van der Waals surface area contributed by atoms with E-state index in [1.165, 1.54) is 12.8 Å². The Hall–Kier alpha value is -2.31. The fourth-order valence-corrected chi connectivity index (χ4v) is 4.55. The van der Waals surface area contributed by atoms with Crippen LogP contribution in [0.2, 0.25) is 0 Å². The average Bonchev–Trinajstić information content (AvgIpc) is 3.50. The molecule has 5 nitrogen and oxygen atoms in total. The minimum atomic E-state index is 0.143. The minimum Gasteiger partial charge on any atom is -0.336 e. The molecule has 2 aromatic heterocycles. The van der Waals surface area contributed by atoms with Crippen LogP contribution in [-0.4, -0.2) is 51.9 Å². The van der Waals surface area contributed by atoms with Crippen LogP contribution in [0.1, 0.15) is 45.5 Å². The van der Waals surface area contributed by atoms with Gasteiger partial charge in [-0.1, -0.05) is 18.2 Å². The predicted octanol–water partition coefficient (Wildman–Crippen LogP) is 3.84. The lowest BCUT2D eigenvalue weighted by Crippen LogP contribution is -2.48. The van der Waals surface area contributed by atoms with E-state index >= 15 is 0 Å². The number of benzene rings is 1. The van der Waals surface area contributed by atoms with Crippen molar-refractivity contribution >= 4 is 28.1 Å². The number of amides is 1. The van der Waals surface area contributed by atoms with Crippen LogP contribution in [0.5, 0.6) is 0 Å². The number of aromatic nitrogens is 2. The second kappa shape index (κ2) is 7.26. The summed E-state index contributed by atoms with van der Waals surface area (Å²) in [7, 11) is 0. The molecule has 2 fully saturated rings. The summed E-state index contributed by atoms with van der Waals surface area (Å²) in [6.45, 7) is 6.21. The second-order valence-electron chi connectivity index (χ2n) is 7.81. The van der Waals surface area contributed by atoms with Crippen molar-refractivity contribution in [3.8, 4) is 0 Å². The van der Waals surface area contributed by atoms with Gasteiger partial charge in [-0.3, -0.25) is 14.7 Å². The third-order valence-corrected chi connectivity index (χ3v) is 6.50. The number of hydrogen-bond acceptors (Lipinski definition) is 5. The Labute approximate surface area is 169 Å². The van der Waals surface area contributed by atoms with Crippen molar-refractivity contribution < 1.29 is 4.79 Å². The van der Waals surface area contributed by atoms with Gasteiger partial charge in [0, 0.05) is 55.1 Å². The van der Waals surface area contributed by atoms with Crippen molar-refractivity contribution in [3.05, 3.63) is 57.7 Å². The largest absolute Gasteiger partial charge is 0.336 e.